The molecular formula is C55H70N10O13S2. The monoisotopic (exact) mass is 1140 g/mol. The first-order valence-corrected chi connectivity index (χ1v) is 27.9. The van der Waals surface area contributed by atoms with Crippen LogP contribution in [0.1, 0.15) is 111 Å². The van der Waals surface area contributed by atoms with Crippen molar-refractivity contribution in [2.75, 3.05) is 30.3 Å². The molecule has 0 fully saturated rings. The Bertz CT molecular complexity index is 2890. The van der Waals surface area contributed by atoms with E-state index in [9.17, 15) is 63.0 Å². The van der Waals surface area contributed by atoms with E-state index in [1.807, 2.05) is 0 Å². The second kappa shape index (κ2) is 30.4. The van der Waals surface area contributed by atoms with E-state index in [-0.39, 0.29) is 62.5 Å². The van der Waals surface area contributed by atoms with E-state index in [0.29, 0.717) is 62.5 Å². The SMILES string of the molecule is C[C@H](CC(=O)[C@H](C)NC(=O)[C@H](C)CC(=O)[C@H](Cc1ccc(O)cc1)NC(=O)CCC(=O)[C@@H]1Cc2ccc(O)c(c2)Cc2cnc(s2)NCC(=O)N[C@@H](C)C(=O)N[C@@H](C)C(=O)C[C@@H](C)C(=O)N1)C(=O)NCCCNc1ncc(C=O)s1. The number of phenols is 2. The quantitative estimate of drug-likeness (QED) is 0.0399. The van der Waals surface area contributed by atoms with Crippen LogP contribution in [0.25, 0.3) is 0 Å². The Morgan fingerprint density at radius 2 is 1.49 bits per heavy atom. The van der Waals surface area contributed by atoms with Crippen LogP contribution in [0.4, 0.5) is 10.3 Å². The zero-order chi connectivity index (χ0) is 58.6. The van der Waals surface area contributed by atoms with E-state index in [4.69, 9.17) is 0 Å². The summed E-state index contributed by atoms with van der Waals surface area (Å²) >= 11 is 2.43. The number of aromatic nitrogens is 2. The fourth-order valence-electron chi connectivity index (χ4n) is 8.29. The average molecular weight is 1140 g/mol. The molecule has 1 aliphatic heterocycles. The second-order valence-electron chi connectivity index (χ2n) is 20.1. The number of hydrogen-bond donors (Lipinski definition) is 10. The van der Waals surface area contributed by atoms with Gasteiger partial charge in [0.1, 0.15) is 17.5 Å². The summed E-state index contributed by atoms with van der Waals surface area (Å²) in [6.45, 7) is 9.53. The Kier molecular flexibility index (Phi) is 23.9. The zero-order valence-electron chi connectivity index (χ0n) is 45.5. The summed E-state index contributed by atoms with van der Waals surface area (Å²) in [5.41, 5.74) is 1.56. The molecule has 4 aromatic rings. The summed E-state index contributed by atoms with van der Waals surface area (Å²) in [5.74, 6) is -8.24. The van der Waals surface area contributed by atoms with Crippen molar-refractivity contribution in [2.45, 2.75) is 130 Å². The number of Topliss-reactive ketones (excluding diaryl/α,β-unsaturated/α-hetero) is 4. The molecule has 0 saturated heterocycles. The highest BCUT2D eigenvalue weighted by Crippen LogP contribution is 2.27. The van der Waals surface area contributed by atoms with Gasteiger partial charge in [0.2, 0.25) is 35.4 Å². The van der Waals surface area contributed by atoms with Gasteiger partial charge in [0, 0.05) is 80.4 Å². The molecular weight excluding hydrogens is 1070 g/mol. The first kappa shape index (κ1) is 62.9. The first-order valence-electron chi connectivity index (χ1n) is 26.3. The molecule has 0 unspecified atom stereocenters. The first-order chi connectivity index (χ1) is 38.0. The molecule has 0 aliphatic carbocycles. The maximum absolute atomic E-state index is 14.2. The molecule has 5 rings (SSSR count). The smallest absolute Gasteiger partial charge is 0.242 e. The van der Waals surface area contributed by atoms with Crippen LogP contribution in [0.15, 0.2) is 54.9 Å². The lowest BCUT2D eigenvalue weighted by atomic mass is 9.93. The van der Waals surface area contributed by atoms with Gasteiger partial charge < -0.3 is 52.7 Å². The van der Waals surface area contributed by atoms with Gasteiger partial charge in [-0.15, -0.1) is 11.3 Å². The van der Waals surface area contributed by atoms with Crippen molar-refractivity contribution in [2.24, 2.45) is 17.8 Å². The number of carbonyl (C=O) groups excluding carboxylic acids is 11. The number of nitrogens with one attached hydrogen (secondary N) is 8. The predicted molar refractivity (Wildman–Crippen MR) is 298 cm³/mol. The number of carbonyl (C=O) groups is 11. The third kappa shape index (κ3) is 20.1. The average Bonchev–Trinajstić information content (AvgIpc) is 4.09. The molecule has 80 heavy (non-hydrogen) atoms. The van der Waals surface area contributed by atoms with Gasteiger partial charge in [0.25, 0.3) is 0 Å². The number of rotatable bonds is 22. The van der Waals surface area contributed by atoms with E-state index >= 15 is 0 Å². The van der Waals surface area contributed by atoms with Crippen LogP contribution in [-0.4, -0.2) is 135 Å². The lowest BCUT2D eigenvalue weighted by Gasteiger charge is -2.23. The molecule has 2 aromatic heterocycles. The van der Waals surface area contributed by atoms with Gasteiger partial charge >= 0.3 is 0 Å². The van der Waals surface area contributed by atoms with Gasteiger partial charge in [-0.05, 0) is 74.9 Å². The van der Waals surface area contributed by atoms with Crippen molar-refractivity contribution in [3.63, 3.8) is 0 Å². The number of phenolic OH excluding ortho intramolecular Hbond substituents is 2. The van der Waals surface area contributed by atoms with E-state index in [1.54, 1.807) is 37.4 Å². The third-order valence-corrected chi connectivity index (χ3v) is 15.0. The lowest BCUT2D eigenvalue weighted by molar-refractivity contribution is -0.134. The molecule has 6 amide bonds. The molecule has 430 valence electrons. The van der Waals surface area contributed by atoms with Crippen molar-refractivity contribution >= 4 is 97.8 Å². The van der Waals surface area contributed by atoms with Gasteiger partial charge in [-0.1, -0.05) is 56.4 Å². The summed E-state index contributed by atoms with van der Waals surface area (Å²) in [6, 6.07) is 5.13. The summed E-state index contributed by atoms with van der Waals surface area (Å²) in [7, 11) is 0. The van der Waals surface area contributed by atoms with Crippen molar-refractivity contribution in [3.05, 3.63) is 81.3 Å². The van der Waals surface area contributed by atoms with Crippen LogP contribution in [0, 0.1) is 17.8 Å². The number of fused-ring (bicyclic) bond motifs is 4. The molecule has 8 atom stereocenters. The van der Waals surface area contributed by atoms with Crippen molar-refractivity contribution < 1.29 is 63.0 Å². The fourth-order valence-corrected chi connectivity index (χ4v) is 9.78. The van der Waals surface area contributed by atoms with Gasteiger partial charge in [0.15, 0.2) is 39.7 Å². The fraction of sp³-hybridized carbons (Fsp3) is 0.473. The van der Waals surface area contributed by atoms with Gasteiger partial charge in [-0.3, -0.25) is 52.7 Å². The highest BCUT2D eigenvalue weighted by molar-refractivity contribution is 7.17. The lowest BCUT2D eigenvalue weighted by Crippen LogP contribution is -2.51. The minimum Gasteiger partial charge on any atom is -0.508 e. The topological polar surface area (TPSA) is 350 Å². The number of amides is 6. The molecule has 2 aromatic carbocycles. The number of aromatic hydroxyl groups is 2. The number of benzene rings is 2. The Hall–Kier alpha value is -7.93. The minimum atomic E-state index is -1.24. The summed E-state index contributed by atoms with van der Waals surface area (Å²) in [4.78, 5) is 154. The molecule has 25 heteroatoms. The van der Waals surface area contributed by atoms with E-state index in [1.165, 1.54) is 81.7 Å². The summed E-state index contributed by atoms with van der Waals surface area (Å²) < 4.78 is 0. The van der Waals surface area contributed by atoms with Crippen LogP contribution in [0.3, 0.4) is 0 Å². The maximum atomic E-state index is 14.2. The zero-order valence-corrected chi connectivity index (χ0v) is 47.1. The van der Waals surface area contributed by atoms with Gasteiger partial charge in [0.05, 0.1) is 41.8 Å². The van der Waals surface area contributed by atoms with E-state index < -0.39 is 113 Å². The molecule has 1 aliphatic rings. The van der Waals surface area contributed by atoms with Crippen LogP contribution >= 0.6 is 22.7 Å². The number of aldehydes is 1. The molecule has 10 N–H and O–H groups in total. The number of anilines is 2. The third-order valence-electron chi connectivity index (χ3n) is 13.2. The highest BCUT2D eigenvalue weighted by atomic mass is 32.1. The van der Waals surface area contributed by atoms with Crippen LogP contribution in [0.2, 0.25) is 0 Å². The van der Waals surface area contributed by atoms with Gasteiger partial charge in [-0.25, -0.2) is 9.97 Å². The number of thiazole rings is 2. The number of ketones is 4. The minimum absolute atomic E-state index is 0.0376. The van der Waals surface area contributed by atoms with E-state index in [2.05, 4.69) is 52.5 Å². The van der Waals surface area contributed by atoms with Crippen LogP contribution in [-0.2, 0) is 67.2 Å². The normalized spacial score (nSPS) is 18.8. The van der Waals surface area contributed by atoms with Crippen LogP contribution in [0.5, 0.6) is 11.5 Å². The van der Waals surface area contributed by atoms with Crippen molar-refractivity contribution in [1.29, 1.82) is 0 Å². The molecule has 3 heterocycles. The summed E-state index contributed by atoms with van der Waals surface area (Å²) in [5, 5.41) is 43.7. The van der Waals surface area contributed by atoms with Gasteiger partial charge in [-0.2, -0.15) is 0 Å². The Morgan fingerprint density at radius 3 is 2.20 bits per heavy atom. The Balaban J connectivity index is 1.22. The molecule has 4 bridgehead atoms. The largest absolute Gasteiger partial charge is 0.508 e. The maximum Gasteiger partial charge on any atom is 0.242 e. The second-order valence-corrected chi connectivity index (χ2v) is 22.2. The Morgan fingerprint density at radius 1 is 0.775 bits per heavy atom. The van der Waals surface area contributed by atoms with Crippen molar-refractivity contribution in [3.8, 4) is 11.5 Å². The Labute approximate surface area is 471 Å². The number of hydrogen-bond acceptors (Lipinski definition) is 19. The molecule has 0 radical (unpaired) electrons. The van der Waals surface area contributed by atoms with Crippen LogP contribution < -0.4 is 42.5 Å². The predicted octanol–water partition coefficient (Wildman–Crippen LogP) is 2.86. The molecule has 23 nitrogen and oxygen atoms in total. The summed E-state index contributed by atoms with van der Waals surface area (Å²) in [6.07, 6.45) is 2.65. The highest BCUT2D eigenvalue weighted by Gasteiger charge is 2.31. The molecule has 0 spiro atoms. The molecule has 0 saturated carbocycles. The van der Waals surface area contributed by atoms with Crippen molar-refractivity contribution in [1.82, 2.24) is 41.9 Å². The number of nitrogens with zero attached hydrogens (tertiary/aromatic N) is 2. The van der Waals surface area contributed by atoms with E-state index in [0.717, 1.165) is 0 Å². The standard InChI is InChI=1S/C55H70N10O13S2/c1-29(50(75)56-16-7-17-57-54-59-26-40(28-66)80-54)18-45(70)32(4)62-51(76)31(3)20-47(72)42(22-35-8-11-38(67)12-9-35)64-48(73)15-14-44(69)41-23-36-10-13-43(68)37(21-36)24-39-25-58-55(79-39)60-27-49(74)61-34(6)53(78)63-33(5)46(71)19-30(2)52(77)65-41/h8-13,21,25-26,28-34,41-42,67-68H,7,14-20,22-24,27H2,1-6H3,(H,56,75)(H,57,59)(H,58,60)(H,61,74)(H,62,76)(H,63,78)(H,64,73)(H,65,77)/t29-,30-,31-,32+,33+,34+,41+,42+/m1/s1.